The number of β-amino-alcohol motifs (C(OH)–C–C–N with tert-alkyl or cyclic N) is 1. The molecule has 4 heteroatoms. The average Bonchev–Trinajstić information content (AvgIpc) is 2.76. The van der Waals surface area contributed by atoms with Crippen molar-refractivity contribution < 1.29 is 5.11 Å². The van der Waals surface area contributed by atoms with Crippen molar-refractivity contribution in [2.45, 2.75) is 32.4 Å². The number of aliphatic hydroxyl groups is 1. The average molecular weight is 313 g/mol. The molecule has 0 aliphatic carbocycles. The molecule has 1 saturated heterocycles. The maximum atomic E-state index is 9.60. The van der Waals surface area contributed by atoms with Crippen molar-refractivity contribution in [3.63, 3.8) is 0 Å². The van der Waals surface area contributed by atoms with E-state index in [4.69, 9.17) is 0 Å². The van der Waals surface area contributed by atoms with Crippen LogP contribution in [0.25, 0.3) is 0 Å². The van der Waals surface area contributed by atoms with E-state index in [0.29, 0.717) is 6.04 Å². The van der Waals surface area contributed by atoms with Crippen LogP contribution in [0.1, 0.15) is 31.9 Å². The van der Waals surface area contributed by atoms with Crippen LogP contribution in [0, 0.1) is 0 Å². The van der Waals surface area contributed by atoms with E-state index < -0.39 is 0 Å². The minimum absolute atomic E-state index is 0.183. The lowest BCUT2D eigenvalue weighted by atomic mass is 10.1. The van der Waals surface area contributed by atoms with Crippen LogP contribution in [-0.4, -0.2) is 30.8 Å². The van der Waals surface area contributed by atoms with Crippen LogP contribution in [0.3, 0.4) is 0 Å². The number of nitrogens with zero attached hydrogens (tertiary/aromatic N) is 1. The molecule has 0 spiro atoms. The number of rotatable bonds is 4. The fraction of sp³-hybridized carbons (Fsp3) is 0.571. The number of nitrogens with one attached hydrogen (secondary N) is 1. The number of anilines is 1. The van der Waals surface area contributed by atoms with Crippen molar-refractivity contribution >= 4 is 21.6 Å². The largest absolute Gasteiger partial charge is 0.391 e. The monoisotopic (exact) mass is 312 g/mol. The molecule has 1 aliphatic rings. The number of hydrogen-bond acceptors (Lipinski definition) is 3. The summed E-state index contributed by atoms with van der Waals surface area (Å²) in [4.78, 5) is 2.23. The highest BCUT2D eigenvalue weighted by atomic mass is 79.9. The van der Waals surface area contributed by atoms with Gasteiger partial charge in [-0.05, 0) is 53.5 Å². The molecule has 3 nitrogen and oxygen atoms in total. The highest BCUT2D eigenvalue weighted by molar-refractivity contribution is 9.10. The van der Waals surface area contributed by atoms with Gasteiger partial charge in [0.25, 0.3) is 0 Å². The van der Waals surface area contributed by atoms with Crippen molar-refractivity contribution in [1.29, 1.82) is 0 Å². The Labute approximate surface area is 117 Å². The van der Waals surface area contributed by atoms with Gasteiger partial charge in [-0.1, -0.05) is 13.0 Å². The van der Waals surface area contributed by atoms with E-state index in [0.717, 1.165) is 30.5 Å². The molecule has 1 aromatic rings. The minimum Gasteiger partial charge on any atom is -0.391 e. The maximum Gasteiger partial charge on any atom is 0.0731 e. The highest BCUT2D eigenvalue weighted by Crippen LogP contribution is 2.31. The Balaban J connectivity index is 2.15. The van der Waals surface area contributed by atoms with Crippen LogP contribution in [0.2, 0.25) is 0 Å². The lowest BCUT2D eigenvalue weighted by molar-refractivity contribution is 0.198. The lowest BCUT2D eigenvalue weighted by Gasteiger charge is -2.21. The second-order valence-corrected chi connectivity index (χ2v) is 5.73. The van der Waals surface area contributed by atoms with E-state index in [9.17, 15) is 5.11 Å². The first-order chi connectivity index (χ1) is 8.61. The van der Waals surface area contributed by atoms with Gasteiger partial charge in [0.1, 0.15) is 0 Å². The molecule has 0 saturated carbocycles. The number of halogens is 1. The van der Waals surface area contributed by atoms with Crippen molar-refractivity contribution in [3.05, 3.63) is 28.2 Å². The van der Waals surface area contributed by atoms with Gasteiger partial charge in [0.15, 0.2) is 0 Å². The third-order valence-corrected chi connectivity index (χ3v) is 4.12. The van der Waals surface area contributed by atoms with Gasteiger partial charge < -0.3 is 15.3 Å². The molecule has 1 heterocycles. The molecule has 0 amide bonds. The highest BCUT2D eigenvalue weighted by Gasteiger charge is 2.22. The predicted octanol–water partition coefficient (Wildman–Crippen LogP) is 2.69. The summed E-state index contributed by atoms with van der Waals surface area (Å²) >= 11 is 3.65. The first kappa shape index (κ1) is 13.8. The lowest BCUT2D eigenvalue weighted by Crippen LogP contribution is -2.22. The van der Waals surface area contributed by atoms with Crippen LogP contribution in [0.4, 0.5) is 5.69 Å². The maximum absolute atomic E-state index is 9.60. The third kappa shape index (κ3) is 3.05. The molecule has 2 N–H and O–H groups in total. The zero-order valence-electron chi connectivity index (χ0n) is 11.0. The van der Waals surface area contributed by atoms with E-state index in [-0.39, 0.29) is 6.10 Å². The van der Waals surface area contributed by atoms with Gasteiger partial charge in [-0.25, -0.2) is 0 Å². The van der Waals surface area contributed by atoms with Crippen LogP contribution in [0.5, 0.6) is 0 Å². The summed E-state index contributed by atoms with van der Waals surface area (Å²) in [7, 11) is 0. The molecule has 1 aromatic carbocycles. The predicted molar refractivity (Wildman–Crippen MR) is 79.1 cm³/mol. The zero-order chi connectivity index (χ0) is 13.1. The molecule has 1 aliphatic heterocycles. The molecule has 0 aromatic heterocycles. The molecule has 2 atom stereocenters. The Morgan fingerprint density at radius 3 is 2.89 bits per heavy atom. The van der Waals surface area contributed by atoms with E-state index in [2.05, 4.69) is 58.2 Å². The molecular weight excluding hydrogens is 292 g/mol. The third-order valence-electron chi connectivity index (χ3n) is 3.49. The Kier molecular flexibility index (Phi) is 4.65. The van der Waals surface area contributed by atoms with Gasteiger partial charge in [-0.3, -0.25) is 0 Å². The van der Waals surface area contributed by atoms with Crippen molar-refractivity contribution in [3.8, 4) is 0 Å². The van der Waals surface area contributed by atoms with Gasteiger partial charge in [0.05, 0.1) is 11.8 Å². The van der Waals surface area contributed by atoms with E-state index in [1.54, 1.807) is 0 Å². The molecule has 0 radical (unpaired) electrons. The van der Waals surface area contributed by atoms with Crippen molar-refractivity contribution in [2.24, 2.45) is 0 Å². The summed E-state index contributed by atoms with van der Waals surface area (Å²) in [6.45, 7) is 6.93. The minimum atomic E-state index is -0.183. The Morgan fingerprint density at radius 2 is 2.33 bits per heavy atom. The quantitative estimate of drug-likeness (QED) is 0.897. The molecule has 0 bridgehead atoms. The number of aliphatic hydroxyl groups excluding tert-OH is 1. The van der Waals surface area contributed by atoms with E-state index in [1.165, 1.54) is 11.3 Å². The Morgan fingerprint density at radius 1 is 1.56 bits per heavy atom. The topological polar surface area (TPSA) is 35.5 Å². The van der Waals surface area contributed by atoms with Gasteiger partial charge in [0, 0.05) is 23.6 Å². The van der Waals surface area contributed by atoms with Gasteiger partial charge in [-0.2, -0.15) is 0 Å². The Hall–Kier alpha value is -0.580. The van der Waals surface area contributed by atoms with Crippen LogP contribution in [0.15, 0.2) is 22.7 Å². The summed E-state index contributed by atoms with van der Waals surface area (Å²) in [6, 6.07) is 6.85. The van der Waals surface area contributed by atoms with Crippen LogP contribution in [-0.2, 0) is 0 Å². The van der Waals surface area contributed by atoms with Gasteiger partial charge in [-0.15, -0.1) is 0 Å². The van der Waals surface area contributed by atoms with E-state index >= 15 is 0 Å². The molecule has 2 unspecified atom stereocenters. The Bertz CT molecular complexity index is 411. The summed E-state index contributed by atoms with van der Waals surface area (Å²) < 4.78 is 1.11. The second kappa shape index (κ2) is 6.04. The summed E-state index contributed by atoms with van der Waals surface area (Å²) in [5, 5.41) is 13.0. The van der Waals surface area contributed by atoms with E-state index in [1.807, 2.05) is 0 Å². The molecule has 1 fully saturated rings. The standard InChI is InChI=1S/C14H21BrN2O/c1-3-16-10(2)11-4-5-14(13(15)8-11)17-7-6-12(18)9-17/h4-5,8,10,12,16,18H,3,6-7,9H2,1-2H3. The van der Waals surface area contributed by atoms with Gasteiger partial charge in [0.2, 0.25) is 0 Å². The summed E-state index contributed by atoms with van der Waals surface area (Å²) in [6.07, 6.45) is 0.680. The van der Waals surface area contributed by atoms with Crippen molar-refractivity contribution in [2.75, 3.05) is 24.5 Å². The number of benzene rings is 1. The van der Waals surface area contributed by atoms with Crippen molar-refractivity contribution in [1.82, 2.24) is 5.32 Å². The smallest absolute Gasteiger partial charge is 0.0731 e. The molecule has 18 heavy (non-hydrogen) atoms. The first-order valence-corrected chi connectivity index (χ1v) is 7.37. The number of hydrogen-bond donors (Lipinski definition) is 2. The molecule has 2 rings (SSSR count). The fourth-order valence-electron chi connectivity index (χ4n) is 2.43. The van der Waals surface area contributed by atoms with Crippen LogP contribution < -0.4 is 10.2 Å². The zero-order valence-corrected chi connectivity index (χ0v) is 12.6. The summed E-state index contributed by atoms with van der Waals surface area (Å²) in [5.41, 5.74) is 2.46. The van der Waals surface area contributed by atoms with Crippen LogP contribution >= 0.6 is 15.9 Å². The second-order valence-electron chi connectivity index (χ2n) is 4.88. The van der Waals surface area contributed by atoms with Gasteiger partial charge >= 0.3 is 0 Å². The molecular formula is C14H21BrN2O. The molecule has 100 valence electrons. The SMILES string of the molecule is CCNC(C)c1ccc(N2CCC(O)C2)c(Br)c1. The normalized spacial score (nSPS) is 21.3. The first-order valence-electron chi connectivity index (χ1n) is 6.57. The fourth-order valence-corrected chi connectivity index (χ4v) is 3.08. The summed E-state index contributed by atoms with van der Waals surface area (Å²) in [5.74, 6) is 0.